The standard InChI is InChI=1S/C15H24O10/c1-14(21)4-7(17)15(22)2-3-23-13(11(14)15)25-12-10(20)9(19)8(18)6(5-16)24-12/h2-3,6-13,16-22H,4-5H2,1H3/t6-,7-,8-,9+,10-,11-,12+,13+,14-,15+/m1/s1. The number of hydrogen-bond acceptors (Lipinski definition) is 10. The molecule has 2 fully saturated rings. The zero-order chi connectivity index (χ0) is 18.6. The first kappa shape index (κ1) is 19.0. The normalized spacial score (nSPS) is 55.7. The van der Waals surface area contributed by atoms with E-state index in [-0.39, 0.29) is 6.42 Å². The Morgan fingerprint density at radius 3 is 2.40 bits per heavy atom. The van der Waals surface area contributed by atoms with Crippen LogP contribution in [0.1, 0.15) is 13.3 Å². The van der Waals surface area contributed by atoms with E-state index in [0.717, 1.165) is 6.26 Å². The first-order chi connectivity index (χ1) is 11.6. The lowest BCUT2D eigenvalue weighted by Gasteiger charge is -2.45. The zero-order valence-electron chi connectivity index (χ0n) is 13.5. The van der Waals surface area contributed by atoms with E-state index in [1.807, 2.05) is 0 Å². The predicted octanol–water partition coefficient (Wildman–Crippen LogP) is -3.46. The summed E-state index contributed by atoms with van der Waals surface area (Å²) in [4.78, 5) is 0. The summed E-state index contributed by atoms with van der Waals surface area (Å²) in [5.74, 6) is -1.10. The molecule has 1 saturated heterocycles. The van der Waals surface area contributed by atoms with E-state index in [2.05, 4.69) is 0 Å². The second kappa shape index (κ2) is 6.41. The minimum absolute atomic E-state index is 0.129. The summed E-state index contributed by atoms with van der Waals surface area (Å²) in [6.45, 7) is 0.783. The molecule has 10 atom stereocenters. The number of ether oxygens (including phenoxy) is 3. The van der Waals surface area contributed by atoms with E-state index < -0.39 is 66.8 Å². The fraction of sp³-hybridized carbons (Fsp3) is 0.867. The van der Waals surface area contributed by atoms with Crippen molar-refractivity contribution in [3.05, 3.63) is 12.3 Å². The molecule has 0 unspecified atom stereocenters. The van der Waals surface area contributed by atoms with Gasteiger partial charge in [-0.25, -0.2) is 0 Å². The van der Waals surface area contributed by atoms with Crippen molar-refractivity contribution in [2.45, 2.75) is 67.6 Å². The van der Waals surface area contributed by atoms with Crippen LogP contribution in [0.5, 0.6) is 0 Å². The van der Waals surface area contributed by atoms with Crippen LogP contribution in [0.4, 0.5) is 0 Å². The van der Waals surface area contributed by atoms with Crippen molar-refractivity contribution in [2.75, 3.05) is 6.61 Å². The van der Waals surface area contributed by atoms with E-state index in [1.165, 1.54) is 13.0 Å². The van der Waals surface area contributed by atoms with Crippen LogP contribution in [-0.2, 0) is 14.2 Å². The van der Waals surface area contributed by atoms with Crippen LogP contribution in [0.15, 0.2) is 12.3 Å². The van der Waals surface area contributed by atoms with Gasteiger partial charge in [-0.15, -0.1) is 0 Å². The summed E-state index contributed by atoms with van der Waals surface area (Å²) in [6, 6.07) is 0. The fourth-order valence-electron chi connectivity index (χ4n) is 3.84. The molecule has 0 aromatic rings. The van der Waals surface area contributed by atoms with Gasteiger partial charge in [0.05, 0.1) is 30.5 Å². The Balaban J connectivity index is 1.81. The number of aliphatic hydroxyl groups excluding tert-OH is 5. The van der Waals surface area contributed by atoms with Gasteiger partial charge in [-0.3, -0.25) is 0 Å². The highest BCUT2D eigenvalue weighted by Gasteiger charge is 2.64. The van der Waals surface area contributed by atoms with Crippen LogP contribution < -0.4 is 0 Å². The second-order valence-electron chi connectivity index (χ2n) is 7.08. The Labute approximate surface area is 143 Å². The molecule has 10 heteroatoms. The summed E-state index contributed by atoms with van der Waals surface area (Å²) in [5.41, 5.74) is -3.35. The highest BCUT2D eigenvalue weighted by Crippen LogP contribution is 2.49. The van der Waals surface area contributed by atoms with Crippen molar-refractivity contribution >= 4 is 0 Å². The molecule has 0 bridgehead atoms. The molecule has 3 rings (SSSR count). The van der Waals surface area contributed by atoms with E-state index in [9.17, 15) is 35.7 Å². The van der Waals surface area contributed by atoms with Gasteiger partial charge in [0, 0.05) is 6.42 Å². The molecule has 2 heterocycles. The van der Waals surface area contributed by atoms with Gasteiger partial charge in [-0.1, -0.05) is 0 Å². The van der Waals surface area contributed by atoms with Gasteiger partial charge in [0.1, 0.15) is 30.0 Å². The lowest BCUT2D eigenvalue weighted by Crippen LogP contribution is -2.61. The molecule has 0 aromatic carbocycles. The SMILES string of the molecule is C[C@@]1(O)C[C@@H](O)[C@@]2(O)C=CO[C@@H](O[C@@H]3O[C@H](CO)[C@@H](O)[C@H](O)[C@H]3O)[C@@H]21. The van der Waals surface area contributed by atoms with Crippen LogP contribution in [-0.4, -0.2) is 96.7 Å². The van der Waals surface area contributed by atoms with E-state index in [1.54, 1.807) is 0 Å². The van der Waals surface area contributed by atoms with E-state index in [4.69, 9.17) is 14.2 Å². The molecule has 7 N–H and O–H groups in total. The largest absolute Gasteiger partial charge is 0.472 e. The van der Waals surface area contributed by atoms with Crippen molar-refractivity contribution in [3.8, 4) is 0 Å². The maximum atomic E-state index is 10.7. The molecule has 0 radical (unpaired) electrons. The Morgan fingerprint density at radius 2 is 1.76 bits per heavy atom. The molecule has 0 amide bonds. The van der Waals surface area contributed by atoms with Gasteiger partial charge in [0.15, 0.2) is 6.29 Å². The third kappa shape index (κ3) is 2.97. The van der Waals surface area contributed by atoms with E-state index in [0.29, 0.717) is 0 Å². The summed E-state index contributed by atoms with van der Waals surface area (Å²) >= 11 is 0. The van der Waals surface area contributed by atoms with Crippen molar-refractivity contribution in [1.82, 2.24) is 0 Å². The molecule has 10 nitrogen and oxygen atoms in total. The summed E-state index contributed by atoms with van der Waals surface area (Å²) < 4.78 is 16.0. The Hall–Kier alpha value is -0.820. The van der Waals surface area contributed by atoms with Crippen LogP contribution in [0.2, 0.25) is 0 Å². The Kier molecular flexibility index (Phi) is 4.86. The topological polar surface area (TPSA) is 169 Å². The Morgan fingerprint density at radius 1 is 1.08 bits per heavy atom. The summed E-state index contributed by atoms with van der Waals surface area (Å²) in [6.07, 6.45) is -7.87. The Bertz CT molecular complexity index is 522. The maximum absolute atomic E-state index is 10.7. The van der Waals surface area contributed by atoms with E-state index >= 15 is 0 Å². The minimum Gasteiger partial charge on any atom is -0.472 e. The second-order valence-corrected chi connectivity index (χ2v) is 7.08. The fourth-order valence-corrected chi connectivity index (χ4v) is 3.84. The van der Waals surface area contributed by atoms with Gasteiger partial charge in [0.25, 0.3) is 0 Å². The van der Waals surface area contributed by atoms with Gasteiger partial charge in [-0.2, -0.15) is 0 Å². The molecule has 144 valence electrons. The van der Waals surface area contributed by atoms with Crippen molar-refractivity contribution in [3.63, 3.8) is 0 Å². The number of aliphatic hydroxyl groups is 7. The van der Waals surface area contributed by atoms with Crippen LogP contribution in [0, 0.1) is 5.92 Å². The maximum Gasteiger partial charge on any atom is 0.210 e. The van der Waals surface area contributed by atoms with Crippen LogP contribution in [0.3, 0.4) is 0 Å². The van der Waals surface area contributed by atoms with Crippen LogP contribution in [0.25, 0.3) is 0 Å². The first-order valence-corrected chi connectivity index (χ1v) is 8.04. The average molecular weight is 364 g/mol. The van der Waals surface area contributed by atoms with Gasteiger partial charge < -0.3 is 50.0 Å². The molecular weight excluding hydrogens is 340 g/mol. The molecule has 1 saturated carbocycles. The smallest absolute Gasteiger partial charge is 0.210 e. The van der Waals surface area contributed by atoms with Gasteiger partial charge >= 0.3 is 0 Å². The third-order valence-corrected chi connectivity index (χ3v) is 5.25. The molecule has 0 aromatic heterocycles. The molecule has 2 aliphatic heterocycles. The van der Waals surface area contributed by atoms with Crippen molar-refractivity contribution in [2.24, 2.45) is 5.92 Å². The molecule has 0 spiro atoms. The number of rotatable bonds is 3. The van der Waals surface area contributed by atoms with Crippen molar-refractivity contribution in [1.29, 1.82) is 0 Å². The minimum atomic E-state index is -1.81. The average Bonchev–Trinajstić information content (AvgIpc) is 2.73. The lowest BCUT2D eigenvalue weighted by atomic mass is 9.81. The quantitative estimate of drug-likeness (QED) is 0.267. The third-order valence-electron chi connectivity index (χ3n) is 5.25. The molecule has 3 aliphatic rings. The highest BCUT2D eigenvalue weighted by molar-refractivity contribution is 5.21. The van der Waals surface area contributed by atoms with Gasteiger partial charge in [-0.05, 0) is 13.0 Å². The molecular formula is C15H24O10. The first-order valence-electron chi connectivity index (χ1n) is 8.04. The highest BCUT2D eigenvalue weighted by atomic mass is 16.8. The number of fused-ring (bicyclic) bond motifs is 1. The predicted molar refractivity (Wildman–Crippen MR) is 78.6 cm³/mol. The van der Waals surface area contributed by atoms with Gasteiger partial charge in [0.2, 0.25) is 6.29 Å². The molecule has 25 heavy (non-hydrogen) atoms. The molecule has 1 aliphatic carbocycles. The van der Waals surface area contributed by atoms with Crippen LogP contribution >= 0.6 is 0 Å². The van der Waals surface area contributed by atoms with Crippen molar-refractivity contribution < 1.29 is 50.0 Å². The summed E-state index contributed by atoms with van der Waals surface area (Å²) in [7, 11) is 0. The monoisotopic (exact) mass is 364 g/mol. The lowest BCUT2D eigenvalue weighted by molar-refractivity contribution is -0.351. The zero-order valence-corrected chi connectivity index (χ0v) is 13.5. The number of hydrogen-bond donors (Lipinski definition) is 7. The summed E-state index contributed by atoms with van der Waals surface area (Å²) in [5, 5.41) is 70.2.